The fourth-order valence-electron chi connectivity index (χ4n) is 2.84. The van der Waals surface area contributed by atoms with Crippen molar-refractivity contribution in [3.05, 3.63) is 40.2 Å². The Hall–Kier alpha value is -2.30. The lowest BCUT2D eigenvalue weighted by atomic mass is 9.95. The first-order valence-electron chi connectivity index (χ1n) is 8.27. The van der Waals surface area contributed by atoms with E-state index in [1.54, 1.807) is 6.07 Å². The average molecular weight is 330 g/mol. The van der Waals surface area contributed by atoms with Crippen LogP contribution in [0.25, 0.3) is 11.0 Å². The van der Waals surface area contributed by atoms with Crippen LogP contribution in [0.4, 0.5) is 0 Å². The van der Waals surface area contributed by atoms with Gasteiger partial charge in [-0.05, 0) is 38.5 Å². The predicted molar refractivity (Wildman–Crippen MR) is 90.2 cm³/mol. The third-order valence-corrected chi connectivity index (χ3v) is 4.66. The summed E-state index contributed by atoms with van der Waals surface area (Å²) < 4.78 is 17.0. The summed E-state index contributed by atoms with van der Waals surface area (Å²) in [6, 6.07) is 6.87. The van der Waals surface area contributed by atoms with E-state index in [4.69, 9.17) is 13.9 Å². The van der Waals surface area contributed by atoms with E-state index in [2.05, 4.69) is 0 Å². The Morgan fingerprint density at radius 3 is 2.75 bits per heavy atom. The summed E-state index contributed by atoms with van der Waals surface area (Å²) in [7, 11) is 0. The third-order valence-electron chi connectivity index (χ3n) is 4.66. The number of carbonyl (C=O) groups is 1. The van der Waals surface area contributed by atoms with E-state index in [9.17, 15) is 9.59 Å². The zero-order valence-corrected chi connectivity index (χ0v) is 14.4. The lowest BCUT2D eigenvalue weighted by molar-refractivity contribution is -0.169. The summed E-state index contributed by atoms with van der Waals surface area (Å²) in [5.74, 6) is 0.305. The van der Waals surface area contributed by atoms with Gasteiger partial charge in [0.1, 0.15) is 23.0 Å². The van der Waals surface area contributed by atoms with Crippen LogP contribution in [-0.4, -0.2) is 17.7 Å². The van der Waals surface area contributed by atoms with Gasteiger partial charge in [-0.1, -0.05) is 13.8 Å². The second-order valence-electron chi connectivity index (χ2n) is 6.86. The Kier molecular flexibility index (Phi) is 4.11. The van der Waals surface area contributed by atoms with Crippen LogP contribution in [0.5, 0.6) is 5.75 Å². The zero-order valence-electron chi connectivity index (χ0n) is 14.4. The molecule has 1 aromatic carbocycles. The number of hydrogen-bond donors (Lipinski definition) is 0. The van der Waals surface area contributed by atoms with Gasteiger partial charge < -0.3 is 13.9 Å². The maximum atomic E-state index is 12.1. The summed E-state index contributed by atoms with van der Waals surface area (Å²) in [4.78, 5) is 23.7. The van der Waals surface area contributed by atoms with Crippen molar-refractivity contribution in [2.45, 2.75) is 52.2 Å². The molecule has 0 radical (unpaired) electrons. The highest BCUT2D eigenvalue weighted by Crippen LogP contribution is 2.38. The number of hydrogen-bond acceptors (Lipinski definition) is 5. The smallest absolute Gasteiger partial charge is 0.336 e. The number of benzene rings is 1. The van der Waals surface area contributed by atoms with Crippen molar-refractivity contribution in [2.24, 2.45) is 5.92 Å². The summed E-state index contributed by atoms with van der Waals surface area (Å²) in [5.41, 5.74) is 0.234. The highest BCUT2D eigenvalue weighted by molar-refractivity contribution is 5.82. The molecule has 2 aromatic rings. The lowest BCUT2D eigenvalue weighted by Gasteiger charge is -2.31. The van der Waals surface area contributed by atoms with Gasteiger partial charge in [0.2, 0.25) is 0 Å². The van der Waals surface area contributed by atoms with E-state index in [1.165, 1.54) is 6.07 Å². The minimum atomic E-state index is -0.777. The Labute approximate surface area is 140 Å². The van der Waals surface area contributed by atoms with E-state index in [1.807, 2.05) is 39.8 Å². The molecular formula is C19H22O5. The van der Waals surface area contributed by atoms with Gasteiger partial charge in [0.25, 0.3) is 0 Å². The van der Waals surface area contributed by atoms with Crippen molar-refractivity contribution >= 4 is 16.9 Å². The van der Waals surface area contributed by atoms with Crippen LogP contribution in [-0.2, 0) is 16.0 Å². The molecule has 0 saturated carbocycles. The Morgan fingerprint density at radius 1 is 1.33 bits per heavy atom. The molecule has 0 N–H and O–H groups in total. The van der Waals surface area contributed by atoms with Crippen LogP contribution in [0.3, 0.4) is 0 Å². The maximum Gasteiger partial charge on any atom is 0.336 e. The Morgan fingerprint density at radius 2 is 2.04 bits per heavy atom. The van der Waals surface area contributed by atoms with Crippen LogP contribution >= 0.6 is 0 Å². The summed E-state index contributed by atoms with van der Waals surface area (Å²) in [5, 5.41) is 0.854. The average Bonchev–Trinajstić information content (AvgIpc) is 2.99. The molecule has 1 aliphatic heterocycles. The van der Waals surface area contributed by atoms with Gasteiger partial charge in [0.15, 0.2) is 0 Å². The number of rotatable bonds is 4. The van der Waals surface area contributed by atoms with Crippen molar-refractivity contribution in [1.29, 1.82) is 0 Å². The minimum absolute atomic E-state index is 0.146. The fourth-order valence-corrected chi connectivity index (χ4v) is 2.84. The molecule has 128 valence electrons. The second-order valence-corrected chi connectivity index (χ2v) is 6.86. The molecule has 1 aromatic heterocycles. The third kappa shape index (κ3) is 2.90. The highest BCUT2D eigenvalue weighted by atomic mass is 16.6. The predicted octanol–water partition coefficient (Wildman–Crippen LogP) is 3.46. The van der Waals surface area contributed by atoms with Crippen molar-refractivity contribution in [1.82, 2.24) is 0 Å². The van der Waals surface area contributed by atoms with Crippen LogP contribution in [0, 0.1) is 5.92 Å². The molecule has 24 heavy (non-hydrogen) atoms. The largest absolute Gasteiger partial charge is 0.485 e. The van der Waals surface area contributed by atoms with Crippen LogP contribution in [0.2, 0.25) is 0 Å². The molecule has 0 fully saturated rings. The molecule has 0 bridgehead atoms. The number of fused-ring (bicyclic) bond motifs is 3. The SMILES string of the molecule is CCC(C)C(=O)OC(C)(C)C1Cc2c(ccc3ccc(=O)oc23)O1. The first-order chi connectivity index (χ1) is 11.3. The molecule has 5 nitrogen and oxygen atoms in total. The normalized spacial score (nSPS) is 18.1. The van der Waals surface area contributed by atoms with Gasteiger partial charge in [-0.25, -0.2) is 4.79 Å². The van der Waals surface area contributed by atoms with Crippen molar-refractivity contribution in [3.8, 4) is 5.75 Å². The van der Waals surface area contributed by atoms with E-state index in [0.29, 0.717) is 17.8 Å². The molecule has 0 aliphatic carbocycles. The van der Waals surface area contributed by atoms with E-state index in [0.717, 1.165) is 17.4 Å². The van der Waals surface area contributed by atoms with Crippen LogP contribution in [0.15, 0.2) is 33.5 Å². The second kappa shape index (κ2) is 5.96. The lowest BCUT2D eigenvalue weighted by Crippen LogP contribution is -2.44. The van der Waals surface area contributed by atoms with Gasteiger partial charge in [-0.2, -0.15) is 0 Å². The first kappa shape index (κ1) is 16.6. The highest BCUT2D eigenvalue weighted by Gasteiger charge is 2.41. The van der Waals surface area contributed by atoms with E-state index in [-0.39, 0.29) is 23.6 Å². The molecule has 2 unspecified atom stereocenters. The molecule has 2 heterocycles. The van der Waals surface area contributed by atoms with E-state index < -0.39 is 5.60 Å². The minimum Gasteiger partial charge on any atom is -0.485 e. The molecule has 0 saturated heterocycles. The topological polar surface area (TPSA) is 65.7 Å². The number of ether oxygens (including phenoxy) is 2. The quantitative estimate of drug-likeness (QED) is 0.634. The molecule has 1 aliphatic rings. The summed E-state index contributed by atoms with van der Waals surface area (Å²) >= 11 is 0. The Balaban J connectivity index is 1.88. The van der Waals surface area contributed by atoms with Crippen molar-refractivity contribution in [2.75, 3.05) is 0 Å². The van der Waals surface area contributed by atoms with Gasteiger partial charge in [0.05, 0.1) is 5.92 Å². The van der Waals surface area contributed by atoms with Crippen LogP contribution < -0.4 is 10.4 Å². The zero-order chi connectivity index (χ0) is 17.5. The van der Waals surface area contributed by atoms with E-state index >= 15 is 0 Å². The number of carbonyl (C=O) groups excluding carboxylic acids is 1. The number of esters is 1. The summed E-state index contributed by atoms with van der Waals surface area (Å²) in [6.07, 6.45) is 0.938. The Bertz CT molecular complexity index is 833. The van der Waals surface area contributed by atoms with Gasteiger partial charge in [0, 0.05) is 23.4 Å². The van der Waals surface area contributed by atoms with Crippen molar-refractivity contribution in [3.63, 3.8) is 0 Å². The fraction of sp³-hybridized carbons (Fsp3) is 0.474. The first-order valence-corrected chi connectivity index (χ1v) is 8.27. The molecule has 3 rings (SSSR count). The van der Waals surface area contributed by atoms with Gasteiger partial charge in [-0.3, -0.25) is 4.79 Å². The van der Waals surface area contributed by atoms with Crippen LogP contribution in [0.1, 0.15) is 39.7 Å². The molecule has 0 spiro atoms. The summed E-state index contributed by atoms with van der Waals surface area (Å²) in [6.45, 7) is 7.50. The molecule has 0 amide bonds. The molecule has 5 heteroatoms. The van der Waals surface area contributed by atoms with Gasteiger partial charge >= 0.3 is 11.6 Å². The molecule has 2 atom stereocenters. The maximum absolute atomic E-state index is 12.1. The monoisotopic (exact) mass is 330 g/mol. The van der Waals surface area contributed by atoms with Crippen molar-refractivity contribution < 1.29 is 18.7 Å². The standard InChI is InChI=1S/C19H22O5/c1-5-11(2)18(21)24-19(3,4)15-10-13-14(22-15)8-6-12-7-9-16(20)23-17(12)13/h6-9,11,15H,5,10H2,1-4H3. The van der Waals surface area contributed by atoms with Gasteiger partial charge in [-0.15, -0.1) is 0 Å². The molecular weight excluding hydrogens is 308 g/mol.